The molecule has 1 heterocycles. The topological polar surface area (TPSA) is 275 Å². The third-order valence-electron chi connectivity index (χ3n) is 11.9. The van der Waals surface area contributed by atoms with E-state index in [0.717, 1.165) is 43.5 Å². The number of carbonyl (C=O) groups excluding carboxylic acids is 5. The molecule has 0 bridgehead atoms. The number of unbranched alkanes of at least 4 members (excludes halogenated alkanes) is 2. The van der Waals surface area contributed by atoms with Gasteiger partial charge >= 0.3 is 5.97 Å². The number of ether oxygens (including phenoxy) is 6. The molecule has 422 valence electrons. The van der Waals surface area contributed by atoms with Crippen molar-refractivity contribution >= 4 is 58.5 Å². The van der Waals surface area contributed by atoms with Crippen LogP contribution in [0.4, 0.5) is 5.69 Å². The number of benzene rings is 1. The molecule has 0 aromatic heterocycles. The maximum atomic E-state index is 12.7. The Morgan fingerprint density at radius 3 is 1.46 bits per heavy atom. The number of nitrogens with one attached hydrogen (secondary N) is 1. The molecular weight excluding hydrogens is 985 g/mol. The Labute approximate surface area is 442 Å². The number of carboxylic acid groups (broad SMARTS) is 4. The minimum atomic E-state index is -1.32. The first-order valence-corrected chi connectivity index (χ1v) is 26.4. The van der Waals surface area contributed by atoms with E-state index >= 15 is 0 Å². The van der Waals surface area contributed by atoms with E-state index in [4.69, 9.17) is 40.6 Å². The van der Waals surface area contributed by atoms with Gasteiger partial charge in [-0.15, -0.1) is 0 Å². The van der Waals surface area contributed by atoms with E-state index in [2.05, 4.69) is 12.2 Å². The zero-order valence-corrected chi connectivity index (χ0v) is 44.7. The number of carboxylic acids is 4. The summed E-state index contributed by atoms with van der Waals surface area (Å²) in [5.41, 5.74) is 1.70. The Hall–Kier alpha value is -4.27. The second kappa shape index (κ2) is 41.9. The van der Waals surface area contributed by atoms with Crippen LogP contribution in [0.1, 0.15) is 77.2 Å². The van der Waals surface area contributed by atoms with Crippen molar-refractivity contribution in [1.29, 1.82) is 0 Å². The molecule has 1 amide bonds. The second-order valence-corrected chi connectivity index (χ2v) is 18.5. The summed E-state index contributed by atoms with van der Waals surface area (Å²) in [6, 6.07) is 6.59. The van der Waals surface area contributed by atoms with Crippen LogP contribution >= 0.6 is 12.2 Å². The van der Waals surface area contributed by atoms with Crippen molar-refractivity contribution in [2.45, 2.75) is 84.1 Å². The van der Waals surface area contributed by atoms with E-state index in [1.54, 1.807) is 24.5 Å². The minimum Gasteiger partial charge on any atom is -0.549 e. The van der Waals surface area contributed by atoms with E-state index in [-0.39, 0.29) is 77.0 Å². The van der Waals surface area contributed by atoms with Gasteiger partial charge in [0.15, 0.2) is 5.78 Å². The van der Waals surface area contributed by atoms with E-state index in [1.165, 1.54) is 6.92 Å². The summed E-state index contributed by atoms with van der Waals surface area (Å²) in [6.45, 7) is 10.3. The predicted octanol–water partition coefficient (Wildman–Crippen LogP) is -1.06. The van der Waals surface area contributed by atoms with Gasteiger partial charge in [0.25, 0.3) is 0 Å². The Kier molecular flexibility index (Phi) is 37.3. The lowest BCUT2D eigenvalue weighted by Crippen LogP contribution is -2.53. The predicted molar refractivity (Wildman–Crippen MR) is 273 cm³/mol. The van der Waals surface area contributed by atoms with E-state index in [9.17, 15) is 49.2 Å². The lowest BCUT2D eigenvalue weighted by Gasteiger charge is -2.36. The Morgan fingerprint density at radius 2 is 1.03 bits per heavy atom. The molecule has 1 aliphatic heterocycles. The highest BCUT2D eigenvalue weighted by Gasteiger charge is 2.27. The number of anilines is 1. The first-order chi connectivity index (χ1) is 35.7. The average Bonchev–Trinajstić information content (AvgIpc) is 3.34. The standard InChI is InChI=1S/C51H86N6O16S/c1-3-26-68-30-34-72-37-33-71-29-8-17-57(42(2)58)38-45(59)9-4-6-27-69-31-35-73-36-32-70-28-7-5-10-47(74)52-44-14-11-43(12-15-44)13-16-46(51(66)67)56-24-22-54(40-49(62)63)20-18-53(39-48(60)61)19-21-55(23-25-56)41-50(64)65/h11-12,14-15,46H,3-10,13,16-41H2,1-2H3,(H,52,74)(H,60,61)(H,62,63)(H,64,65)(H,66,67)/p-3. The fraction of sp³-hybridized carbons (Fsp3) is 0.745. The maximum Gasteiger partial charge on any atom is 0.320 e. The van der Waals surface area contributed by atoms with Gasteiger partial charge in [-0.2, -0.15) is 0 Å². The molecule has 1 saturated heterocycles. The molecule has 0 aliphatic carbocycles. The number of thiocarbonyl (C=S) groups is 1. The summed E-state index contributed by atoms with van der Waals surface area (Å²) in [7, 11) is 0. The van der Waals surface area contributed by atoms with Gasteiger partial charge in [-0.1, -0.05) is 31.3 Å². The van der Waals surface area contributed by atoms with Gasteiger partial charge in [-0.05, 0) is 75.5 Å². The largest absolute Gasteiger partial charge is 0.549 e. The lowest BCUT2D eigenvalue weighted by molar-refractivity contribution is -0.308. The van der Waals surface area contributed by atoms with E-state index in [1.807, 2.05) is 24.3 Å². The Balaban J connectivity index is 1.59. The number of hydrogen-bond donors (Lipinski definition) is 2. The summed E-state index contributed by atoms with van der Waals surface area (Å²) in [5, 5.41) is 48.1. The monoisotopic (exact) mass is 1070 g/mol. The van der Waals surface area contributed by atoms with Crippen LogP contribution in [-0.4, -0.2) is 241 Å². The van der Waals surface area contributed by atoms with Crippen LogP contribution in [0, 0.1) is 0 Å². The van der Waals surface area contributed by atoms with Crippen LogP contribution in [0.3, 0.4) is 0 Å². The van der Waals surface area contributed by atoms with Crippen molar-refractivity contribution in [2.75, 3.05) is 170 Å². The Morgan fingerprint density at radius 1 is 0.608 bits per heavy atom. The smallest absolute Gasteiger partial charge is 0.320 e. The molecule has 1 aromatic rings. The molecule has 2 rings (SSSR count). The summed E-state index contributed by atoms with van der Waals surface area (Å²) in [6.07, 6.45) is 6.38. The number of ketones is 1. The van der Waals surface area contributed by atoms with Gasteiger partial charge in [0, 0.05) is 124 Å². The van der Waals surface area contributed by atoms with Gasteiger partial charge in [0.1, 0.15) is 6.04 Å². The molecule has 1 unspecified atom stereocenters. The fourth-order valence-corrected chi connectivity index (χ4v) is 8.13. The molecule has 1 aliphatic rings. The van der Waals surface area contributed by atoms with E-state index in [0.29, 0.717) is 116 Å². The van der Waals surface area contributed by atoms with Crippen molar-refractivity contribution < 1.29 is 77.6 Å². The number of carbonyl (C=O) groups is 6. The summed E-state index contributed by atoms with van der Waals surface area (Å²) < 4.78 is 33.3. The average molecular weight is 1070 g/mol. The maximum absolute atomic E-state index is 12.7. The molecule has 0 spiro atoms. The quantitative estimate of drug-likeness (QED) is 0.0583. The molecule has 74 heavy (non-hydrogen) atoms. The van der Waals surface area contributed by atoms with Gasteiger partial charge in [-0.3, -0.25) is 34.0 Å². The second-order valence-electron chi connectivity index (χ2n) is 18.0. The third-order valence-corrected chi connectivity index (χ3v) is 12.2. The number of aliphatic carboxylic acids is 4. The molecule has 2 N–H and O–H groups in total. The fourth-order valence-electron chi connectivity index (χ4n) is 7.87. The summed E-state index contributed by atoms with van der Waals surface area (Å²) in [5.74, 6) is -5.14. The zero-order chi connectivity index (χ0) is 54.2. The van der Waals surface area contributed by atoms with Crippen LogP contribution in [0.2, 0.25) is 0 Å². The van der Waals surface area contributed by atoms with Crippen LogP contribution in [0.15, 0.2) is 24.3 Å². The van der Waals surface area contributed by atoms with Gasteiger partial charge in [0.05, 0.1) is 82.3 Å². The zero-order valence-electron chi connectivity index (χ0n) is 43.9. The minimum absolute atomic E-state index is 0.0241. The molecule has 1 atom stereocenters. The van der Waals surface area contributed by atoms with E-state index < -0.39 is 49.6 Å². The number of amides is 1. The summed E-state index contributed by atoms with van der Waals surface area (Å²) in [4.78, 5) is 80.3. The number of Topliss-reactive ketones (excluding diaryl/α,β-unsaturated/α-hetero) is 1. The molecule has 1 fully saturated rings. The van der Waals surface area contributed by atoms with Crippen molar-refractivity contribution in [2.24, 2.45) is 0 Å². The SMILES string of the molecule is CCCOCCOCCOCCCN(CC(=O)CCCCOCCOCCOCCCCC(=S)Nc1ccc(CCC(C(=O)O)N2CCN(CC(=O)[O-])CCN(CC(=O)[O-])CCN(CC(=O)[O-])CC2)cc1)C(C)=O. The molecule has 0 saturated carbocycles. The number of rotatable bonds is 42. The van der Waals surface area contributed by atoms with Crippen LogP contribution < -0.4 is 20.6 Å². The van der Waals surface area contributed by atoms with Gasteiger partial charge in [-0.25, -0.2) is 0 Å². The number of aryl methyl sites for hydroxylation is 1. The first kappa shape index (κ1) is 65.8. The van der Waals surface area contributed by atoms with Crippen molar-refractivity contribution in [3.8, 4) is 0 Å². The van der Waals surface area contributed by atoms with Gasteiger partial charge in [0.2, 0.25) is 5.91 Å². The Bertz CT molecular complexity index is 1720. The van der Waals surface area contributed by atoms with Crippen LogP contribution in [0.5, 0.6) is 0 Å². The lowest BCUT2D eigenvalue weighted by atomic mass is 10.0. The number of nitrogens with zero attached hydrogens (tertiary/aromatic N) is 5. The van der Waals surface area contributed by atoms with Crippen LogP contribution in [-0.2, 0) is 63.6 Å². The normalized spacial score (nSPS) is 14.9. The highest BCUT2D eigenvalue weighted by atomic mass is 32.1. The first-order valence-electron chi connectivity index (χ1n) is 26.0. The molecule has 1 aromatic carbocycles. The highest BCUT2D eigenvalue weighted by Crippen LogP contribution is 2.16. The molecule has 23 heteroatoms. The van der Waals surface area contributed by atoms with Crippen molar-refractivity contribution in [3.05, 3.63) is 29.8 Å². The molecule has 0 radical (unpaired) electrons. The third kappa shape index (κ3) is 34.3. The highest BCUT2D eigenvalue weighted by molar-refractivity contribution is 7.80. The van der Waals surface area contributed by atoms with Crippen molar-refractivity contribution in [3.63, 3.8) is 0 Å². The van der Waals surface area contributed by atoms with Crippen molar-refractivity contribution in [1.82, 2.24) is 24.5 Å². The summed E-state index contributed by atoms with van der Waals surface area (Å²) >= 11 is 5.56. The molecule has 22 nitrogen and oxygen atoms in total. The van der Waals surface area contributed by atoms with Gasteiger partial charge < -0.3 is 73.4 Å². The molecular formula is C51H83N6O16S-3. The van der Waals surface area contributed by atoms with Crippen LogP contribution in [0.25, 0.3) is 0 Å². The number of hydrogen-bond acceptors (Lipinski definition) is 20.